The Kier molecular flexibility index (Phi) is 20.8. The summed E-state index contributed by atoms with van der Waals surface area (Å²) in [6.45, 7) is 12.8. The third kappa shape index (κ3) is 14.2. The number of piperidine rings is 1. The van der Waals surface area contributed by atoms with Crippen molar-refractivity contribution in [3.63, 3.8) is 0 Å². The summed E-state index contributed by atoms with van der Waals surface area (Å²) in [6, 6.07) is -1.19. The van der Waals surface area contributed by atoms with Crippen molar-refractivity contribution < 1.29 is 57.9 Å². The number of cyclic esters (lactones) is 1. The van der Waals surface area contributed by atoms with Gasteiger partial charge in [0.15, 0.2) is 5.78 Å². The molecule has 5 rings (SSSR count). The second kappa shape index (κ2) is 25.7. The molecule has 15 atom stereocenters. The number of rotatable bonds is 7. The molecule has 3 fully saturated rings. The number of ether oxygens (including phenoxy) is 5. The standard InChI is InChI=1S/C52H79N5O12/c1-31-16-12-11-13-17-32(2)43(65-8)28-39-21-19-37(7)52(64,69-39)49(61)50(62)56-23-15-14-18-41(56)51(63)68-44(34(4)26-38-20-22-40(45(27-38)66-9)57-30-53-54-55-57)29-42(58)33(3)25-36(6)47(60)48(67-10)46(59)35(5)24-31/h11-13,16-17,25,30-31,33-35,37-41,43-45,47-48,60,64H,14-15,18-24,26-29H2,1-10H3/t31-,33-,34-,35?,37-,38?,39+,40+,41+,43+,44+,45?,47-,48?,52-/m1/s1. The van der Waals surface area contributed by atoms with Crippen molar-refractivity contribution in [2.75, 3.05) is 27.9 Å². The third-order valence-electron chi connectivity index (χ3n) is 15.2. The van der Waals surface area contributed by atoms with Crippen LogP contribution in [0.25, 0.3) is 0 Å². The zero-order valence-electron chi connectivity index (χ0n) is 42.5. The highest BCUT2D eigenvalue weighted by atomic mass is 16.6. The van der Waals surface area contributed by atoms with E-state index in [-0.39, 0.29) is 60.9 Å². The van der Waals surface area contributed by atoms with E-state index in [2.05, 4.69) is 15.5 Å². The average molecular weight is 966 g/mol. The minimum atomic E-state index is -2.43. The fourth-order valence-electron chi connectivity index (χ4n) is 10.7. The second-order valence-corrected chi connectivity index (χ2v) is 20.4. The van der Waals surface area contributed by atoms with Crippen LogP contribution in [0.1, 0.15) is 132 Å². The number of aliphatic hydroxyl groups excluding tert-OH is 1. The van der Waals surface area contributed by atoms with Gasteiger partial charge in [-0.05, 0) is 117 Å². The fraction of sp³-hybridized carbons (Fsp3) is 0.731. The van der Waals surface area contributed by atoms with E-state index in [1.165, 1.54) is 12.0 Å². The first-order chi connectivity index (χ1) is 32.8. The highest BCUT2D eigenvalue weighted by molar-refractivity contribution is 6.39. The molecule has 3 aliphatic heterocycles. The summed E-state index contributed by atoms with van der Waals surface area (Å²) in [5, 5.41) is 35.2. The lowest BCUT2D eigenvalue weighted by molar-refractivity contribution is -0.265. The summed E-state index contributed by atoms with van der Waals surface area (Å²) in [4.78, 5) is 72.3. The van der Waals surface area contributed by atoms with Crippen LogP contribution in [-0.4, -0.2) is 141 Å². The van der Waals surface area contributed by atoms with Gasteiger partial charge in [-0.2, -0.15) is 0 Å². The molecule has 1 amide bonds. The molecule has 2 N–H and O–H groups in total. The molecule has 1 aromatic heterocycles. The molecule has 0 aromatic carbocycles. The first kappa shape index (κ1) is 55.7. The van der Waals surface area contributed by atoms with Crippen molar-refractivity contribution >= 4 is 29.2 Å². The van der Waals surface area contributed by atoms with Crippen LogP contribution in [0.3, 0.4) is 0 Å². The largest absolute Gasteiger partial charge is 0.460 e. The Hall–Kier alpha value is -4.26. The second-order valence-electron chi connectivity index (χ2n) is 20.4. The minimum absolute atomic E-state index is 0.0170. The number of aromatic nitrogens is 4. The number of nitrogens with zero attached hydrogens (tertiary/aromatic N) is 5. The summed E-state index contributed by atoms with van der Waals surface area (Å²) in [6.07, 6.45) is 13.9. The molecule has 2 bridgehead atoms. The number of ketones is 3. The monoisotopic (exact) mass is 966 g/mol. The highest BCUT2D eigenvalue weighted by Crippen LogP contribution is 2.39. The predicted molar refractivity (Wildman–Crippen MR) is 256 cm³/mol. The maximum Gasteiger partial charge on any atom is 0.329 e. The van der Waals surface area contributed by atoms with E-state index in [1.54, 1.807) is 52.1 Å². The number of carbonyl (C=O) groups is 5. The van der Waals surface area contributed by atoms with Crippen molar-refractivity contribution in [1.29, 1.82) is 0 Å². The van der Waals surface area contributed by atoms with Crippen molar-refractivity contribution in [1.82, 2.24) is 25.1 Å². The molecule has 4 aliphatic rings. The van der Waals surface area contributed by atoms with Crippen LogP contribution in [0.5, 0.6) is 0 Å². The number of aliphatic hydroxyl groups is 2. The molecule has 1 saturated carbocycles. The number of tetrazole rings is 1. The molecular weight excluding hydrogens is 887 g/mol. The van der Waals surface area contributed by atoms with E-state index in [0.717, 1.165) is 18.4 Å². The van der Waals surface area contributed by atoms with Crippen LogP contribution in [-0.2, 0) is 47.7 Å². The van der Waals surface area contributed by atoms with E-state index in [9.17, 15) is 34.2 Å². The number of Topliss-reactive ketones (excluding diaryl/α,β-unsaturated/α-hetero) is 3. The van der Waals surface area contributed by atoms with Gasteiger partial charge in [0, 0.05) is 58.5 Å². The lowest BCUT2D eigenvalue weighted by Gasteiger charge is -2.42. The summed E-state index contributed by atoms with van der Waals surface area (Å²) < 4.78 is 31.6. The number of hydrogen-bond donors (Lipinski definition) is 2. The summed E-state index contributed by atoms with van der Waals surface area (Å²) in [7, 11) is 4.62. The Bertz CT molecular complexity index is 2020. The van der Waals surface area contributed by atoms with Gasteiger partial charge in [0.05, 0.1) is 24.4 Å². The first-order valence-corrected chi connectivity index (χ1v) is 25.0. The molecule has 17 nitrogen and oxygen atoms in total. The van der Waals surface area contributed by atoms with Gasteiger partial charge < -0.3 is 38.8 Å². The minimum Gasteiger partial charge on any atom is -0.460 e. The Morgan fingerprint density at radius 1 is 0.884 bits per heavy atom. The van der Waals surface area contributed by atoms with Gasteiger partial charge >= 0.3 is 5.97 Å². The molecule has 4 heterocycles. The lowest BCUT2D eigenvalue weighted by atomic mass is 9.77. The smallest absolute Gasteiger partial charge is 0.329 e. The summed E-state index contributed by atoms with van der Waals surface area (Å²) in [5.41, 5.74) is 1.27. The van der Waals surface area contributed by atoms with Crippen molar-refractivity contribution in [3.8, 4) is 0 Å². The van der Waals surface area contributed by atoms with E-state index in [1.807, 2.05) is 58.1 Å². The van der Waals surface area contributed by atoms with Crippen LogP contribution in [0.4, 0.5) is 0 Å². The number of hydrogen-bond acceptors (Lipinski definition) is 15. The SMILES string of the molecule is COC1C(=O)C(C)C[C@H](C)C=CC=CC=C(C)[C@@H](OC)C[C@@H]2CC[C@@H](C)[C@@](O)(O2)C(=O)C(=O)N2CCCC[C@H]2C(=O)O[C@H]([C@H](C)CC2CC[C@H](n3cnnn3)C(OC)C2)CC(=O)[C@H](C)C=C(C)[C@H]1O. The molecule has 384 valence electrons. The molecule has 1 aliphatic carbocycles. The van der Waals surface area contributed by atoms with Gasteiger partial charge in [0.1, 0.15) is 36.5 Å². The Morgan fingerprint density at radius 3 is 2.32 bits per heavy atom. The third-order valence-corrected chi connectivity index (χ3v) is 15.2. The maximum absolute atomic E-state index is 14.5. The molecule has 2 saturated heterocycles. The molecule has 17 heteroatoms. The molecule has 0 radical (unpaired) electrons. The van der Waals surface area contributed by atoms with E-state index >= 15 is 0 Å². The van der Waals surface area contributed by atoms with Crippen molar-refractivity contribution in [2.45, 2.75) is 180 Å². The Balaban J connectivity index is 1.46. The molecular formula is C52H79N5O12. The van der Waals surface area contributed by atoms with Gasteiger partial charge in [-0.1, -0.05) is 71.1 Å². The summed E-state index contributed by atoms with van der Waals surface area (Å²) >= 11 is 0. The molecule has 4 unspecified atom stereocenters. The van der Waals surface area contributed by atoms with Crippen LogP contribution in [0.2, 0.25) is 0 Å². The van der Waals surface area contributed by atoms with Crippen LogP contribution in [0.15, 0.2) is 53.9 Å². The van der Waals surface area contributed by atoms with Gasteiger partial charge in [-0.25, -0.2) is 9.48 Å². The van der Waals surface area contributed by atoms with Gasteiger partial charge in [-0.15, -0.1) is 5.10 Å². The van der Waals surface area contributed by atoms with Crippen LogP contribution >= 0.6 is 0 Å². The molecule has 69 heavy (non-hydrogen) atoms. The zero-order chi connectivity index (χ0) is 50.6. The quantitative estimate of drug-likeness (QED) is 0.181. The Labute approximate surface area is 408 Å². The van der Waals surface area contributed by atoms with Gasteiger partial charge in [0.25, 0.3) is 11.7 Å². The Morgan fingerprint density at radius 2 is 1.64 bits per heavy atom. The number of esters is 1. The number of amides is 1. The number of allylic oxidation sites excluding steroid dienone is 6. The van der Waals surface area contributed by atoms with E-state index in [4.69, 9.17) is 23.7 Å². The predicted octanol–water partition coefficient (Wildman–Crippen LogP) is 6.05. The zero-order valence-corrected chi connectivity index (χ0v) is 42.5. The highest BCUT2D eigenvalue weighted by Gasteiger charge is 2.53. The lowest BCUT2D eigenvalue weighted by Crippen LogP contribution is -2.61. The molecule has 0 spiro atoms. The number of methoxy groups -OCH3 is 3. The van der Waals surface area contributed by atoms with Crippen molar-refractivity contribution in [3.05, 3.63) is 53.9 Å². The number of fused-ring (bicyclic) bond motifs is 3. The first-order valence-electron chi connectivity index (χ1n) is 25.0. The van der Waals surface area contributed by atoms with E-state index in [0.29, 0.717) is 56.9 Å². The van der Waals surface area contributed by atoms with Crippen molar-refractivity contribution in [2.24, 2.45) is 35.5 Å². The topological polar surface area (TPSA) is 219 Å². The van der Waals surface area contributed by atoms with Crippen LogP contribution < -0.4 is 0 Å². The maximum atomic E-state index is 14.5. The van der Waals surface area contributed by atoms with Gasteiger partial charge in [0.2, 0.25) is 5.79 Å². The summed E-state index contributed by atoms with van der Waals surface area (Å²) in [5.74, 6) is -7.92. The average Bonchev–Trinajstić information content (AvgIpc) is 3.88. The fourth-order valence-corrected chi connectivity index (χ4v) is 10.7. The normalized spacial score (nSPS) is 36.3. The number of carbonyl (C=O) groups excluding carboxylic acids is 5. The molecule has 1 aromatic rings. The van der Waals surface area contributed by atoms with Crippen LogP contribution in [0, 0.1) is 35.5 Å². The van der Waals surface area contributed by atoms with E-state index < -0.39 is 77.8 Å². The van der Waals surface area contributed by atoms with Gasteiger partial charge in [-0.3, -0.25) is 19.2 Å².